The first-order valence-corrected chi connectivity index (χ1v) is 11.1. The van der Waals surface area contributed by atoms with E-state index in [0.717, 1.165) is 5.56 Å². The fourth-order valence-corrected chi connectivity index (χ4v) is 5.85. The molecule has 3 aromatic carbocycles. The standard InChI is InChI=1S/C25H18FN3O2S/c26-20-9-10-22-21(14-20)25(24(31)28(22)16-18-6-4-5-17(13-18)15-27)29(11-12-32-25)23(30)19-7-2-1-3-8-19/h1-10,13-14H,11-12,16H2/t25-/m1/s1. The van der Waals surface area contributed by atoms with Gasteiger partial charge in [0, 0.05) is 23.4 Å². The molecule has 2 heterocycles. The Morgan fingerprint density at radius 2 is 1.91 bits per heavy atom. The van der Waals surface area contributed by atoms with Crippen molar-refractivity contribution in [2.45, 2.75) is 11.4 Å². The third-order valence-corrected chi connectivity index (χ3v) is 7.24. The van der Waals surface area contributed by atoms with Crippen molar-refractivity contribution in [3.05, 3.63) is 101 Å². The van der Waals surface area contributed by atoms with Gasteiger partial charge in [-0.25, -0.2) is 4.39 Å². The van der Waals surface area contributed by atoms with Crippen LogP contribution in [0, 0.1) is 17.1 Å². The van der Waals surface area contributed by atoms with E-state index in [1.54, 1.807) is 58.3 Å². The first-order chi connectivity index (χ1) is 15.5. The van der Waals surface area contributed by atoms with E-state index in [-0.39, 0.29) is 18.4 Å². The highest BCUT2D eigenvalue weighted by Gasteiger charge is 2.59. The molecule has 0 aromatic heterocycles. The molecule has 1 fully saturated rings. The highest BCUT2D eigenvalue weighted by molar-refractivity contribution is 8.01. The molecule has 0 unspecified atom stereocenters. The number of nitriles is 1. The summed E-state index contributed by atoms with van der Waals surface area (Å²) in [6, 6.07) is 22.3. The van der Waals surface area contributed by atoms with E-state index in [1.807, 2.05) is 12.1 Å². The van der Waals surface area contributed by atoms with Crippen LogP contribution < -0.4 is 4.90 Å². The van der Waals surface area contributed by atoms with Gasteiger partial charge in [0.1, 0.15) is 5.82 Å². The number of carbonyl (C=O) groups excluding carboxylic acids is 2. The molecule has 32 heavy (non-hydrogen) atoms. The van der Waals surface area contributed by atoms with E-state index in [2.05, 4.69) is 6.07 Å². The second kappa shape index (κ2) is 7.81. The maximum absolute atomic E-state index is 14.4. The van der Waals surface area contributed by atoms with Gasteiger partial charge < -0.3 is 9.80 Å². The molecular formula is C25H18FN3O2S. The van der Waals surface area contributed by atoms with Crippen molar-refractivity contribution < 1.29 is 14.0 Å². The van der Waals surface area contributed by atoms with Gasteiger partial charge in [0.2, 0.25) is 0 Å². The monoisotopic (exact) mass is 443 g/mol. The predicted octanol–water partition coefficient (Wildman–Crippen LogP) is 4.29. The van der Waals surface area contributed by atoms with Crippen LogP contribution in [0.3, 0.4) is 0 Å². The zero-order chi connectivity index (χ0) is 22.3. The molecule has 5 rings (SSSR count). The van der Waals surface area contributed by atoms with Crippen molar-refractivity contribution in [3.63, 3.8) is 0 Å². The second-order valence-electron chi connectivity index (χ2n) is 7.68. The lowest BCUT2D eigenvalue weighted by atomic mass is 10.0. The minimum Gasteiger partial charge on any atom is -0.311 e. The summed E-state index contributed by atoms with van der Waals surface area (Å²) in [5.41, 5.74) is 2.85. The smallest absolute Gasteiger partial charge is 0.268 e. The average Bonchev–Trinajstić information content (AvgIpc) is 3.36. The Hall–Kier alpha value is -3.63. The van der Waals surface area contributed by atoms with Gasteiger partial charge in [-0.2, -0.15) is 5.26 Å². The van der Waals surface area contributed by atoms with Crippen LogP contribution in [-0.4, -0.2) is 29.0 Å². The molecule has 0 radical (unpaired) electrons. The topological polar surface area (TPSA) is 64.4 Å². The maximum Gasteiger partial charge on any atom is 0.268 e. The zero-order valence-electron chi connectivity index (χ0n) is 17.0. The van der Waals surface area contributed by atoms with E-state index in [4.69, 9.17) is 0 Å². The van der Waals surface area contributed by atoms with Crippen LogP contribution in [0.1, 0.15) is 27.0 Å². The lowest BCUT2D eigenvalue weighted by Crippen LogP contribution is -2.50. The zero-order valence-corrected chi connectivity index (χ0v) is 17.8. The minimum absolute atomic E-state index is 0.225. The van der Waals surface area contributed by atoms with Crippen molar-refractivity contribution >= 4 is 29.3 Å². The third-order valence-electron chi connectivity index (χ3n) is 5.82. The van der Waals surface area contributed by atoms with Crippen molar-refractivity contribution in [3.8, 4) is 6.07 Å². The molecule has 158 valence electrons. The van der Waals surface area contributed by atoms with Gasteiger partial charge in [-0.3, -0.25) is 9.59 Å². The van der Waals surface area contributed by atoms with Crippen LogP contribution in [-0.2, 0) is 16.2 Å². The first-order valence-electron chi connectivity index (χ1n) is 10.2. The number of thioether (sulfide) groups is 1. The molecule has 0 saturated carbocycles. The number of amides is 2. The fraction of sp³-hybridized carbons (Fsp3) is 0.160. The molecule has 0 bridgehead atoms. The summed E-state index contributed by atoms with van der Waals surface area (Å²) in [6.45, 7) is 0.612. The number of benzene rings is 3. The minimum atomic E-state index is -1.31. The van der Waals surface area contributed by atoms with Gasteiger partial charge in [0.15, 0.2) is 4.87 Å². The molecule has 2 amide bonds. The largest absolute Gasteiger partial charge is 0.311 e. The SMILES string of the molecule is N#Cc1cccc(CN2C(=O)[C@]3(SCCN3C(=O)c3ccccc3)c3cc(F)ccc32)c1. The normalized spacial score (nSPS) is 19.3. The summed E-state index contributed by atoms with van der Waals surface area (Å²) in [4.78, 5) is 29.2. The van der Waals surface area contributed by atoms with Crippen LogP contribution in [0.2, 0.25) is 0 Å². The molecule has 5 nitrogen and oxygen atoms in total. The molecule has 1 atom stereocenters. The highest BCUT2D eigenvalue weighted by Crippen LogP contribution is 2.54. The van der Waals surface area contributed by atoms with Gasteiger partial charge in [-0.05, 0) is 48.0 Å². The van der Waals surface area contributed by atoms with Crippen molar-refractivity contribution in [2.75, 3.05) is 17.2 Å². The first kappa shape index (κ1) is 20.3. The Morgan fingerprint density at radius 1 is 1.09 bits per heavy atom. The number of halogens is 1. The van der Waals surface area contributed by atoms with Gasteiger partial charge in [0.05, 0.1) is 23.9 Å². The molecule has 0 N–H and O–H groups in total. The Kier molecular flexibility index (Phi) is 4.95. The third kappa shape index (κ3) is 3.07. The number of anilines is 1. The van der Waals surface area contributed by atoms with Crippen LogP contribution in [0.15, 0.2) is 72.8 Å². The maximum atomic E-state index is 14.4. The van der Waals surface area contributed by atoms with E-state index in [0.29, 0.717) is 34.7 Å². The van der Waals surface area contributed by atoms with Gasteiger partial charge in [-0.15, -0.1) is 11.8 Å². The van der Waals surface area contributed by atoms with E-state index >= 15 is 0 Å². The van der Waals surface area contributed by atoms with Crippen molar-refractivity contribution in [1.29, 1.82) is 5.26 Å². The Morgan fingerprint density at radius 3 is 2.69 bits per heavy atom. The number of hydrogen-bond donors (Lipinski definition) is 0. The summed E-state index contributed by atoms with van der Waals surface area (Å²) in [7, 11) is 0. The molecule has 2 aliphatic rings. The Bertz CT molecular complexity index is 1270. The molecule has 1 saturated heterocycles. The van der Waals surface area contributed by atoms with E-state index < -0.39 is 10.7 Å². The molecule has 2 aliphatic heterocycles. The lowest BCUT2D eigenvalue weighted by Gasteiger charge is -2.33. The fourth-order valence-electron chi connectivity index (χ4n) is 4.40. The number of fused-ring (bicyclic) bond motifs is 2. The number of nitrogens with zero attached hydrogens (tertiary/aromatic N) is 3. The number of carbonyl (C=O) groups is 2. The lowest BCUT2D eigenvalue weighted by molar-refractivity contribution is -0.123. The Labute approximate surface area is 189 Å². The van der Waals surface area contributed by atoms with Gasteiger partial charge in [-0.1, -0.05) is 30.3 Å². The highest BCUT2D eigenvalue weighted by atomic mass is 32.2. The van der Waals surface area contributed by atoms with E-state index in [9.17, 15) is 19.2 Å². The predicted molar refractivity (Wildman–Crippen MR) is 120 cm³/mol. The van der Waals surface area contributed by atoms with Gasteiger partial charge >= 0.3 is 0 Å². The summed E-state index contributed by atoms with van der Waals surface area (Å²) in [5, 5.41) is 9.22. The van der Waals surface area contributed by atoms with Crippen LogP contribution in [0.5, 0.6) is 0 Å². The molecule has 3 aromatic rings. The number of rotatable bonds is 3. The molecule has 0 aliphatic carbocycles. The average molecular weight is 444 g/mol. The van der Waals surface area contributed by atoms with Crippen LogP contribution in [0.25, 0.3) is 0 Å². The van der Waals surface area contributed by atoms with Crippen LogP contribution in [0.4, 0.5) is 10.1 Å². The quantitative estimate of drug-likeness (QED) is 0.606. The van der Waals surface area contributed by atoms with Crippen molar-refractivity contribution in [1.82, 2.24) is 4.90 Å². The summed E-state index contributed by atoms with van der Waals surface area (Å²) < 4.78 is 14.4. The van der Waals surface area contributed by atoms with Gasteiger partial charge in [0.25, 0.3) is 11.8 Å². The summed E-state index contributed by atoms with van der Waals surface area (Å²) in [6.07, 6.45) is 0. The van der Waals surface area contributed by atoms with Crippen LogP contribution >= 0.6 is 11.8 Å². The second-order valence-corrected chi connectivity index (χ2v) is 8.97. The van der Waals surface area contributed by atoms with E-state index in [1.165, 1.54) is 23.9 Å². The molecular weight excluding hydrogens is 425 g/mol. The van der Waals surface area contributed by atoms with Crippen molar-refractivity contribution in [2.24, 2.45) is 0 Å². The number of hydrogen-bond acceptors (Lipinski definition) is 4. The summed E-state index contributed by atoms with van der Waals surface area (Å²) >= 11 is 1.36. The molecule has 7 heteroatoms. The molecule has 1 spiro atoms. The summed E-state index contributed by atoms with van der Waals surface area (Å²) in [5.74, 6) is -0.415. The Balaban J connectivity index is 1.60.